The molecule has 7 heteroatoms. The minimum atomic E-state index is -0.718. The zero-order valence-electron chi connectivity index (χ0n) is 22.4. The highest BCUT2D eigenvalue weighted by atomic mass is 16.5. The molecule has 4 rings (SSSR count). The average Bonchev–Trinajstić information content (AvgIpc) is 2.91. The van der Waals surface area contributed by atoms with Crippen LogP contribution in [0.4, 0.5) is 0 Å². The lowest BCUT2D eigenvalue weighted by molar-refractivity contribution is -0.148. The lowest BCUT2D eigenvalue weighted by Crippen LogP contribution is -2.45. The number of esters is 1. The number of hydrogen-bond donors (Lipinski definition) is 1. The Labute approximate surface area is 225 Å². The van der Waals surface area contributed by atoms with Crippen LogP contribution in [0.15, 0.2) is 54.6 Å². The average molecular weight is 522 g/mol. The zero-order chi connectivity index (χ0) is 27.3. The van der Waals surface area contributed by atoms with Crippen LogP contribution in [0.25, 0.3) is 0 Å². The molecule has 0 aromatic heterocycles. The molecule has 0 aliphatic carbocycles. The number of carbonyl (C=O) groups excluding carboxylic acids is 4. The van der Waals surface area contributed by atoms with E-state index >= 15 is 0 Å². The largest absolute Gasteiger partial charge is 0.494 e. The highest BCUT2D eigenvalue weighted by Gasteiger charge is 2.29. The first-order valence-corrected chi connectivity index (χ1v) is 13.5. The van der Waals surface area contributed by atoms with Crippen molar-refractivity contribution in [2.24, 2.45) is 17.8 Å². The van der Waals surface area contributed by atoms with Gasteiger partial charge in [0.25, 0.3) is 0 Å². The van der Waals surface area contributed by atoms with Crippen molar-refractivity contribution in [3.05, 3.63) is 65.7 Å². The van der Waals surface area contributed by atoms with Gasteiger partial charge in [0, 0.05) is 12.3 Å². The number of amides is 1. The van der Waals surface area contributed by atoms with Gasteiger partial charge in [0.1, 0.15) is 18.6 Å². The van der Waals surface area contributed by atoms with Crippen molar-refractivity contribution in [2.75, 3.05) is 6.61 Å². The second-order valence-corrected chi connectivity index (χ2v) is 10.5. The van der Waals surface area contributed by atoms with Gasteiger partial charge in [0.05, 0.1) is 25.0 Å². The number of ether oxygens (including phenoxy) is 2. The van der Waals surface area contributed by atoms with Crippen LogP contribution >= 0.6 is 0 Å². The van der Waals surface area contributed by atoms with E-state index in [-0.39, 0.29) is 37.1 Å². The summed E-state index contributed by atoms with van der Waals surface area (Å²) < 4.78 is 11.3. The molecule has 2 aromatic rings. The van der Waals surface area contributed by atoms with E-state index in [0.29, 0.717) is 25.9 Å². The first-order chi connectivity index (χ1) is 18.3. The Morgan fingerprint density at radius 1 is 1.05 bits per heavy atom. The van der Waals surface area contributed by atoms with E-state index in [1.165, 1.54) is 0 Å². The standard InChI is InChI=1S/C31H39NO6/c1-22(2)16-28-29(34)18-25(20-33)10-6-7-15-37-27-13-11-23(12-14-27)17-26(31(36)32-28)19-30(35)38-21-24-8-4-3-5-9-24/h3-5,8-9,11-14,20,22,25-26,28H,6-7,10,15-19,21H2,1-2H3,(H,32,36)/t25-,26-,28+/m1/s1. The molecule has 2 aromatic carbocycles. The third-order valence-corrected chi connectivity index (χ3v) is 6.74. The maximum absolute atomic E-state index is 13.5. The first-order valence-electron chi connectivity index (χ1n) is 13.5. The summed E-state index contributed by atoms with van der Waals surface area (Å²) in [5.41, 5.74) is 1.74. The molecular formula is C31H39NO6. The monoisotopic (exact) mass is 521 g/mol. The van der Waals surface area contributed by atoms with Crippen molar-refractivity contribution in [3.8, 4) is 5.75 Å². The van der Waals surface area contributed by atoms with Gasteiger partial charge in [0.2, 0.25) is 5.91 Å². The lowest BCUT2D eigenvalue weighted by Gasteiger charge is -2.24. The van der Waals surface area contributed by atoms with Gasteiger partial charge < -0.3 is 19.6 Å². The third kappa shape index (κ3) is 9.77. The predicted molar refractivity (Wildman–Crippen MR) is 144 cm³/mol. The predicted octanol–water partition coefficient (Wildman–Crippen LogP) is 4.85. The Morgan fingerprint density at radius 3 is 2.47 bits per heavy atom. The van der Waals surface area contributed by atoms with Gasteiger partial charge in [-0.15, -0.1) is 0 Å². The van der Waals surface area contributed by atoms with Crippen molar-refractivity contribution in [1.29, 1.82) is 0 Å². The molecular weight excluding hydrogens is 482 g/mol. The summed E-state index contributed by atoms with van der Waals surface area (Å²) in [7, 11) is 0. The fraction of sp³-hybridized carbons (Fsp3) is 0.484. The molecule has 0 unspecified atom stereocenters. The van der Waals surface area contributed by atoms with Crippen LogP contribution in [-0.4, -0.2) is 36.6 Å². The van der Waals surface area contributed by atoms with Crippen LogP contribution in [0.3, 0.4) is 0 Å². The molecule has 7 nitrogen and oxygen atoms in total. The molecule has 2 aliphatic heterocycles. The van der Waals surface area contributed by atoms with E-state index in [1.807, 2.05) is 68.4 Å². The Morgan fingerprint density at radius 2 is 1.79 bits per heavy atom. The summed E-state index contributed by atoms with van der Waals surface area (Å²) in [6, 6.07) is 16.1. The summed E-state index contributed by atoms with van der Waals surface area (Å²) in [6.07, 6.45) is 3.72. The summed E-state index contributed by atoms with van der Waals surface area (Å²) in [6.45, 7) is 4.62. The Bertz CT molecular complexity index is 1050. The summed E-state index contributed by atoms with van der Waals surface area (Å²) in [5, 5.41) is 2.92. The van der Waals surface area contributed by atoms with Crippen LogP contribution in [0.1, 0.15) is 63.5 Å². The highest BCUT2D eigenvalue weighted by Crippen LogP contribution is 2.21. The fourth-order valence-corrected chi connectivity index (χ4v) is 4.61. The van der Waals surface area contributed by atoms with Crippen LogP contribution < -0.4 is 10.1 Å². The van der Waals surface area contributed by atoms with Gasteiger partial charge >= 0.3 is 5.97 Å². The molecule has 204 valence electrons. The van der Waals surface area contributed by atoms with Gasteiger partial charge in [-0.05, 0) is 61.3 Å². The summed E-state index contributed by atoms with van der Waals surface area (Å²) in [4.78, 5) is 51.1. The summed E-state index contributed by atoms with van der Waals surface area (Å²) in [5.74, 6) is -1.23. The maximum Gasteiger partial charge on any atom is 0.306 e. The van der Waals surface area contributed by atoms with Crippen molar-refractivity contribution in [1.82, 2.24) is 5.32 Å². The molecule has 2 heterocycles. The van der Waals surface area contributed by atoms with Gasteiger partial charge in [0.15, 0.2) is 5.78 Å². The number of nitrogens with one attached hydrogen (secondary N) is 1. The number of hydrogen-bond acceptors (Lipinski definition) is 6. The van der Waals surface area contributed by atoms with Gasteiger partial charge in [-0.25, -0.2) is 0 Å². The number of aldehydes is 1. The van der Waals surface area contributed by atoms with Crippen LogP contribution in [0.2, 0.25) is 0 Å². The molecule has 3 atom stereocenters. The topological polar surface area (TPSA) is 98.8 Å². The van der Waals surface area contributed by atoms with Crippen molar-refractivity contribution in [3.63, 3.8) is 0 Å². The molecule has 0 saturated carbocycles. The smallest absolute Gasteiger partial charge is 0.306 e. The minimum Gasteiger partial charge on any atom is -0.494 e. The quantitative estimate of drug-likeness (QED) is 0.413. The number of benzene rings is 2. The molecule has 2 aliphatic rings. The van der Waals surface area contributed by atoms with Gasteiger partial charge in [-0.2, -0.15) is 0 Å². The number of rotatable bonds is 7. The Kier molecular flexibility index (Phi) is 11.5. The SMILES string of the molecule is CC(C)C[C@@H]1NC(=O)[C@@H](CC(=O)OCc2ccccc2)Cc2ccc(cc2)OCCCC[C@@H](C=O)CC1=O. The van der Waals surface area contributed by atoms with Gasteiger partial charge in [-0.1, -0.05) is 56.3 Å². The van der Waals surface area contributed by atoms with Crippen molar-refractivity contribution < 1.29 is 28.7 Å². The lowest BCUT2D eigenvalue weighted by atomic mass is 9.90. The molecule has 0 radical (unpaired) electrons. The number of ketones is 1. The zero-order valence-corrected chi connectivity index (χ0v) is 22.4. The van der Waals surface area contributed by atoms with Crippen LogP contribution in [0.5, 0.6) is 5.75 Å². The third-order valence-electron chi connectivity index (χ3n) is 6.74. The second-order valence-electron chi connectivity index (χ2n) is 10.5. The molecule has 38 heavy (non-hydrogen) atoms. The number of Topliss-reactive ketones (excluding diaryl/α,β-unsaturated/α-hetero) is 1. The van der Waals surface area contributed by atoms with Crippen LogP contribution in [0, 0.1) is 17.8 Å². The molecule has 0 fully saturated rings. The van der Waals surface area contributed by atoms with E-state index in [4.69, 9.17) is 9.47 Å². The maximum atomic E-state index is 13.5. The molecule has 0 spiro atoms. The number of fused-ring (bicyclic) bond motifs is 14. The van der Waals surface area contributed by atoms with Gasteiger partial charge in [-0.3, -0.25) is 14.4 Å². The fourth-order valence-electron chi connectivity index (χ4n) is 4.61. The molecule has 2 bridgehead atoms. The van der Waals surface area contributed by atoms with Crippen LogP contribution in [-0.2, 0) is 36.9 Å². The summed E-state index contributed by atoms with van der Waals surface area (Å²) >= 11 is 0. The van der Waals surface area contributed by atoms with Crippen molar-refractivity contribution >= 4 is 23.9 Å². The van der Waals surface area contributed by atoms with Crippen molar-refractivity contribution in [2.45, 2.75) is 71.4 Å². The van der Waals surface area contributed by atoms with E-state index in [0.717, 1.165) is 36.0 Å². The Balaban J connectivity index is 1.80. The highest BCUT2D eigenvalue weighted by molar-refractivity contribution is 5.92. The van der Waals surface area contributed by atoms with E-state index in [9.17, 15) is 19.2 Å². The van der Waals surface area contributed by atoms with E-state index < -0.39 is 23.8 Å². The number of carbonyl (C=O) groups is 4. The van der Waals surface area contributed by atoms with E-state index in [1.54, 1.807) is 0 Å². The minimum absolute atomic E-state index is 0.0870. The second kappa shape index (κ2) is 15.1. The normalized spacial score (nSPS) is 21.3. The molecule has 1 N–H and O–H groups in total. The Hall–Kier alpha value is -3.48. The van der Waals surface area contributed by atoms with E-state index in [2.05, 4.69) is 5.32 Å². The first kappa shape index (κ1) is 29.1. The molecule has 0 saturated heterocycles. The molecule has 1 amide bonds.